The van der Waals surface area contributed by atoms with Crippen LogP contribution in [0.4, 0.5) is 0 Å². The second-order valence-electron chi connectivity index (χ2n) is 9.05. The van der Waals surface area contributed by atoms with Crippen molar-refractivity contribution in [3.8, 4) is 6.07 Å². The van der Waals surface area contributed by atoms with Gasteiger partial charge in [0.05, 0.1) is 25.3 Å². The highest BCUT2D eigenvalue weighted by Crippen LogP contribution is 2.49. The minimum absolute atomic E-state index is 0.0260. The molecule has 0 saturated carbocycles. The van der Waals surface area contributed by atoms with E-state index in [9.17, 15) is 0 Å². The smallest absolute Gasteiger partial charge is 0.147 e. The minimum atomic E-state index is 0.0260. The van der Waals surface area contributed by atoms with Crippen LogP contribution in [0.15, 0.2) is 72.8 Å². The standard InChI is InChI=1S/C28H34N2O3/c29-19-10-2-1-9-17-28-18-11-16-26(22-32-23-31-21-24-12-5-3-6-13-24)30(28)33-27(20-28)25-14-7-4-8-15-25/h2-8,10,12-15,26-27H,1,9,11,16-18,20-23H2/b10-2-/t26-,27+,28-/m0/s1. The molecule has 0 aliphatic carbocycles. The van der Waals surface area contributed by atoms with Crippen LogP contribution in [0, 0.1) is 11.3 Å². The van der Waals surface area contributed by atoms with Crippen molar-refractivity contribution in [2.24, 2.45) is 0 Å². The molecule has 0 unspecified atom stereocenters. The topological polar surface area (TPSA) is 54.7 Å². The molecule has 174 valence electrons. The molecule has 2 aliphatic heterocycles. The normalized spacial score (nSPS) is 25.2. The molecule has 4 rings (SSSR count). The Morgan fingerprint density at radius 2 is 1.88 bits per heavy atom. The Morgan fingerprint density at radius 3 is 2.67 bits per heavy atom. The lowest BCUT2D eigenvalue weighted by Crippen LogP contribution is -2.53. The molecule has 2 aliphatic rings. The van der Waals surface area contributed by atoms with E-state index in [0.717, 1.165) is 44.1 Å². The van der Waals surface area contributed by atoms with Gasteiger partial charge in [-0.05, 0) is 49.7 Å². The van der Waals surface area contributed by atoms with Crippen molar-refractivity contribution in [2.45, 2.75) is 69.2 Å². The lowest BCUT2D eigenvalue weighted by atomic mass is 9.78. The van der Waals surface area contributed by atoms with Crippen LogP contribution in [-0.2, 0) is 20.9 Å². The number of fused-ring (bicyclic) bond motifs is 1. The monoisotopic (exact) mass is 446 g/mol. The first-order chi connectivity index (χ1) is 16.3. The molecule has 0 aromatic heterocycles. The van der Waals surface area contributed by atoms with E-state index in [1.807, 2.05) is 24.3 Å². The molecular formula is C28H34N2O3. The van der Waals surface area contributed by atoms with Gasteiger partial charge in [-0.1, -0.05) is 66.7 Å². The number of ether oxygens (including phenoxy) is 2. The van der Waals surface area contributed by atoms with Gasteiger partial charge in [0, 0.05) is 18.0 Å². The van der Waals surface area contributed by atoms with E-state index in [2.05, 4.69) is 53.6 Å². The Kier molecular flexibility index (Phi) is 8.68. The summed E-state index contributed by atoms with van der Waals surface area (Å²) >= 11 is 0. The molecule has 2 saturated heterocycles. The van der Waals surface area contributed by atoms with Crippen LogP contribution in [0.25, 0.3) is 0 Å². The maximum atomic E-state index is 8.75. The number of allylic oxidation sites excluding steroid dienone is 2. The van der Waals surface area contributed by atoms with Crippen molar-refractivity contribution in [3.63, 3.8) is 0 Å². The van der Waals surface area contributed by atoms with Gasteiger partial charge < -0.3 is 9.47 Å². The van der Waals surface area contributed by atoms with E-state index >= 15 is 0 Å². The van der Waals surface area contributed by atoms with Gasteiger partial charge in [0.2, 0.25) is 0 Å². The Balaban J connectivity index is 1.36. The second kappa shape index (κ2) is 12.1. The maximum Gasteiger partial charge on any atom is 0.147 e. The predicted octanol–water partition coefficient (Wildman–Crippen LogP) is 6.10. The van der Waals surface area contributed by atoms with Gasteiger partial charge in [0.1, 0.15) is 12.9 Å². The van der Waals surface area contributed by atoms with Crippen LogP contribution in [-0.4, -0.2) is 30.0 Å². The Morgan fingerprint density at radius 1 is 1.09 bits per heavy atom. The van der Waals surface area contributed by atoms with Gasteiger partial charge in [-0.2, -0.15) is 10.3 Å². The summed E-state index contributed by atoms with van der Waals surface area (Å²) in [6, 6.07) is 23.0. The number of nitriles is 1. The van der Waals surface area contributed by atoms with Gasteiger partial charge in [0.15, 0.2) is 0 Å². The van der Waals surface area contributed by atoms with E-state index in [1.165, 1.54) is 12.0 Å². The van der Waals surface area contributed by atoms with Gasteiger partial charge >= 0.3 is 0 Å². The SMILES string of the molecule is N#C/C=C\CCC[C@@]12CCC[C@@H](COCOCc3ccccc3)N1O[C@@H](c1ccccc1)C2. The lowest BCUT2D eigenvalue weighted by Gasteiger charge is -2.45. The highest BCUT2D eigenvalue weighted by atomic mass is 16.7. The van der Waals surface area contributed by atoms with E-state index in [1.54, 1.807) is 6.08 Å². The molecule has 0 spiro atoms. The summed E-state index contributed by atoms with van der Waals surface area (Å²) in [5.74, 6) is 0. The Hall–Kier alpha value is -2.49. The molecule has 0 amide bonds. The Bertz CT molecular complexity index is 912. The number of unbranched alkanes of at least 4 members (excludes halogenated alkanes) is 1. The molecule has 2 aromatic rings. The molecule has 5 nitrogen and oxygen atoms in total. The zero-order chi connectivity index (χ0) is 22.8. The first-order valence-corrected chi connectivity index (χ1v) is 12.1. The first kappa shape index (κ1) is 23.7. The molecule has 0 bridgehead atoms. The fourth-order valence-corrected chi connectivity index (χ4v) is 5.19. The maximum absolute atomic E-state index is 8.75. The number of hydroxylamine groups is 2. The van der Waals surface area contributed by atoms with Gasteiger partial charge in [0.25, 0.3) is 0 Å². The van der Waals surface area contributed by atoms with E-state index in [4.69, 9.17) is 19.6 Å². The zero-order valence-electron chi connectivity index (χ0n) is 19.3. The summed E-state index contributed by atoms with van der Waals surface area (Å²) in [7, 11) is 0. The van der Waals surface area contributed by atoms with Gasteiger partial charge in [-0.25, -0.2) is 0 Å². The van der Waals surface area contributed by atoms with E-state index in [-0.39, 0.29) is 24.5 Å². The predicted molar refractivity (Wildman–Crippen MR) is 128 cm³/mol. The van der Waals surface area contributed by atoms with Gasteiger partial charge in [-0.15, -0.1) is 0 Å². The number of piperidine rings is 1. The Labute approximate surface area is 197 Å². The number of hydrogen-bond donors (Lipinski definition) is 0. The van der Waals surface area contributed by atoms with Crippen molar-refractivity contribution in [1.82, 2.24) is 5.06 Å². The summed E-state index contributed by atoms with van der Waals surface area (Å²) < 4.78 is 11.7. The molecule has 2 fully saturated rings. The number of hydrogen-bond acceptors (Lipinski definition) is 5. The molecule has 33 heavy (non-hydrogen) atoms. The molecule has 0 radical (unpaired) electrons. The quantitative estimate of drug-likeness (QED) is 0.237. The summed E-state index contributed by atoms with van der Waals surface area (Å²) in [6.45, 7) is 1.45. The van der Waals surface area contributed by atoms with Crippen molar-refractivity contribution in [2.75, 3.05) is 13.4 Å². The first-order valence-electron chi connectivity index (χ1n) is 12.1. The van der Waals surface area contributed by atoms with Gasteiger partial charge in [-0.3, -0.25) is 4.84 Å². The van der Waals surface area contributed by atoms with Crippen LogP contribution in [0.3, 0.4) is 0 Å². The number of benzene rings is 2. The van der Waals surface area contributed by atoms with Crippen molar-refractivity contribution in [3.05, 3.63) is 83.9 Å². The fraction of sp³-hybridized carbons (Fsp3) is 0.464. The molecule has 2 aromatic carbocycles. The zero-order valence-corrected chi connectivity index (χ0v) is 19.3. The third-order valence-corrected chi connectivity index (χ3v) is 6.75. The van der Waals surface area contributed by atoms with Crippen LogP contribution in [0.1, 0.15) is 62.2 Å². The average molecular weight is 447 g/mol. The molecule has 0 N–H and O–H groups in total. The summed E-state index contributed by atoms with van der Waals surface area (Å²) in [4.78, 5) is 6.61. The number of nitrogens with zero attached hydrogens (tertiary/aromatic N) is 2. The van der Waals surface area contributed by atoms with E-state index < -0.39 is 0 Å². The summed E-state index contributed by atoms with van der Waals surface area (Å²) in [6.07, 6.45) is 11.0. The summed E-state index contributed by atoms with van der Waals surface area (Å²) in [5.41, 5.74) is 2.41. The van der Waals surface area contributed by atoms with Crippen LogP contribution >= 0.6 is 0 Å². The molecule has 3 atom stereocenters. The average Bonchev–Trinajstić information content (AvgIpc) is 3.26. The fourth-order valence-electron chi connectivity index (χ4n) is 5.19. The third kappa shape index (κ3) is 6.31. The molecule has 5 heteroatoms. The summed E-state index contributed by atoms with van der Waals surface area (Å²) in [5, 5.41) is 11.0. The molecule has 2 heterocycles. The highest BCUT2D eigenvalue weighted by molar-refractivity contribution is 5.20. The van der Waals surface area contributed by atoms with Crippen LogP contribution < -0.4 is 0 Å². The molecular weight excluding hydrogens is 412 g/mol. The van der Waals surface area contributed by atoms with Crippen LogP contribution in [0.5, 0.6) is 0 Å². The van der Waals surface area contributed by atoms with Crippen molar-refractivity contribution < 1.29 is 14.3 Å². The lowest BCUT2D eigenvalue weighted by molar-refractivity contribution is -0.244. The number of rotatable bonds is 11. The van der Waals surface area contributed by atoms with Crippen molar-refractivity contribution in [1.29, 1.82) is 5.26 Å². The minimum Gasteiger partial charge on any atom is -0.354 e. The van der Waals surface area contributed by atoms with Crippen LogP contribution in [0.2, 0.25) is 0 Å². The second-order valence-corrected chi connectivity index (χ2v) is 9.05. The van der Waals surface area contributed by atoms with E-state index in [0.29, 0.717) is 13.2 Å². The highest BCUT2D eigenvalue weighted by Gasteiger charge is 2.51. The largest absolute Gasteiger partial charge is 0.354 e. The third-order valence-electron chi connectivity index (χ3n) is 6.75. The van der Waals surface area contributed by atoms with Crippen molar-refractivity contribution >= 4 is 0 Å².